The number of tetrazole rings is 1. The van der Waals surface area contributed by atoms with Crippen LogP contribution in [0.2, 0.25) is 0 Å². The molecule has 0 radical (unpaired) electrons. The van der Waals surface area contributed by atoms with E-state index in [4.69, 9.17) is 14.2 Å². The molecular weight excluding hydrogens is 394 g/mol. The fourth-order valence-corrected chi connectivity index (χ4v) is 4.67. The molecule has 2 heterocycles. The summed E-state index contributed by atoms with van der Waals surface area (Å²) in [7, 11) is 3.17. The number of ether oxygens (including phenoxy) is 3. The number of methoxy groups -OCH3 is 2. The van der Waals surface area contributed by atoms with Crippen LogP contribution in [0.25, 0.3) is 10.1 Å². The molecule has 1 saturated carbocycles. The predicted molar refractivity (Wildman–Crippen MR) is 109 cm³/mol. The molecule has 3 aromatic rings. The van der Waals surface area contributed by atoms with Crippen LogP contribution in [0.1, 0.15) is 41.8 Å². The number of thiophene rings is 1. The molecule has 1 aromatic carbocycles. The van der Waals surface area contributed by atoms with Gasteiger partial charge in [0.1, 0.15) is 4.88 Å². The second kappa shape index (κ2) is 8.64. The second-order valence-corrected chi connectivity index (χ2v) is 8.02. The monoisotopic (exact) mass is 417 g/mol. The molecule has 1 fully saturated rings. The van der Waals surface area contributed by atoms with Gasteiger partial charge in [0.25, 0.3) is 11.9 Å². The lowest BCUT2D eigenvalue weighted by atomic mass is 9.90. The highest BCUT2D eigenvalue weighted by molar-refractivity contribution is 7.21. The van der Waals surface area contributed by atoms with E-state index >= 15 is 0 Å². The smallest absolute Gasteiger partial charge is 0.272 e. The van der Waals surface area contributed by atoms with E-state index in [1.807, 2.05) is 12.1 Å². The number of hydrogen-bond donors (Lipinski definition) is 2. The average Bonchev–Trinajstić information content (AvgIpc) is 3.39. The van der Waals surface area contributed by atoms with E-state index in [-0.39, 0.29) is 11.9 Å². The van der Waals surface area contributed by atoms with Gasteiger partial charge in [0, 0.05) is 16.2 Å². The highest BCUT2D eigenvalue weighted by Crippen LogP contribution is 2.44. The quantitative estimate of drug-likeness (QED) is 0.604. The standard InChI is InChI=1S/C19H23N5O4S/c1-26-13-8-12-15(9-14(13)27-2)29-17(18(25)20-19-21-23-24-22-19)16(12)28-10-11-6-4-3-5-7-11/h8-9,11H,3-7,10H2,1-2H3,(H2,20,21,22,23,24,25). The molecule has 0 bridgehead atoms. The zero-order valence-electron chi connectivity index (χ0n) is 16.4. The number of hydrogen-bond acceptors (Lipinski definition) is 8. The summed E-state index contributed by atoms with van der Waals surface area (Å²) in [4.78, 5) is 13.4. The van der Waals surface area contributed by atoms with Crippen molar-refractivity contribution in [2.45, 2.75) is 32.1 Å². The van der Waals surface area contributed by atoms with Gasteiger partial charge in [-0.2, -0.15) is 5.21 Å². The van der Waals surface area contributed by atoms with Crippen LogP contribution in [0.5, 0.6) is 17.2 Å². The van der Waals surface area contributed by atoms with Crippen molar-refractivity contribution in [2.24, 2.45) is 5.92 Å². The van der Waals surface area contributed by atoms with Crippen LogP contribution >= 0.6 is 11.3 Å². The summed E-state index contributed by atoms with van der Waals surface area (Å²) in [6.07, 6.45) is 6.06. The molecule has 0 atom stereocenters. The van der Waals surface area contributed by atoms with E-state index in [1.54, 1.807) is 14.2 Å². The van der Waals surface area contributed by atoms with Gasteiger partial charge in [0.15, 0.2) is 17.2 Å². The summed E-state index contributed by atoms with van der Waals surface area (Å²) in [5, 5.41) is 16.8. The highest BCUT2D eigenvalue weighted by atomic mass is 32.1. The molecule has 2 aromatic heterocycles. The van der Waals surface area contributed by atoms with Crippen LogP contribution < -0.4 is 19.5 Å². The molecule has 4 rings (SSSR count). The lowest BCUT2D eigenvalue weighted by Gasteiger charge is -2.21. The third-order valence-electron chi connectivity index (χ3n) is 5.11. The van der Waals surface area contributed by atoms with Crippen LogP contribution in [-0.2, 0) is 0 Å². The van der Waals surface area contributed by atoms with Crippen molar-refractivity contribution in [3.05, 3.63) is 17.0 Å². The Hall–Kier alpha value is -2.88. The van der Waals surface area contributed by atoms with Crippen molar-refractivity contribution in [1.82, 2.24) is 20.6 Å². The average molecular weight is 417 g/mol. The molecule has 29 heavy (non-hydrogen) atoms. The lowest BCUT2D eigenvalue weighted by Crippen LogP contribution is -2.17. The summed E-state index contributed by atoms with van der Waals surface area (Å²) in [5.41, 5.74) is 0. The number of anilines is 1. The van der Waals surface area contributed by atoms with Gasteiger partial charge in [-0.3, -0.25) is 10.1 Å². The van der Waals surface area contributed by atoms with E-state index in [0.717, 1.165) is 22.9 Å². The number of carbonyl (C=O) groups excluding carboxylic acids is 1. The first kappa shape index (κ1) is 19.4. The van der Waals surface area contributed by atoms with Crippen molar-refractivity contribution in [3.8, 4) is 17.2 Å². The first-order valence-corrected chi connectivity index (χ1v) is 10.4. The van der Waals surface area contributed by atoms with Crippen molar-refractivity contribution < 1.29 is 19.0 Å². The molecule has 1 amide bonds. The van der Waals surface area contributed by atoms with E-state index in [1.165, 1.54) is 30.6 Å². The van der Waals surface area contributed by atoms with Gasteiger partial charge in [-0.1, -0.05) is 24.4 Å². The molecule has 9 nitrogen and oxygen atoms in total. The van der Waals surface area contributed by atoms with Gasteiger partial charge in [-0.15, -0.1) is 16.4 Å². The van der Waals surface area contributed by atoms with Crippen LogP contribution in [0.15, 0.2) is 12.1 Å². The molecule has 1 aliphatic rings. The molecule has 0 unspecified atom stereocenters. The van der Waals surface area contributed by atoms with Crippen LogP contribution in [-0.4, -0.2) is 47.4 Å². The van der Waals surface area contributed by atoms with E-state index in [0.29, 0.717) is 34.7 Å². The number of amides is 1. The summed E-state index contributed by atoms with van der Waals surface area (Å²) < 4.78 is 17.9. The van der Waals surface area contributed by atoms with Crippen LogP contribution in [0, 0.1) is 5.92 Å². The summed E-state index contributed by atoms with van der Waals surface area (Å²) in [6.45, 7) is 0.586. The zero-order valence-corrected chi connectivity index (χ0v) is 17.2. The highest BCUT2D eigenvalue weighted by Gasteiger charge is 2.24. The normalized spacial score (nSPS) is 14.7. The number of fused-ring (bicyclic) bond motifs is 1. The van der Waals surface area contributed by atoms with E-state index in [2.05, 4.69) is 25.9 Å². The van der Waals surface area contributed by atoms with Gasteiger partial charge in [0.2, 0.25) is 0 Å². The van der Waals surface area contributed by atoms with Crippen molar-refractivity contribution in [1.29, 1.82) is 0 Å². The van der Waals surface area contributed by atoms with Crippen LogP contribution in [0.4, 0.5) is 5.95 Å². The van der Waals surface area contributed by atoms with Gasteiger partial charge in [-0.05, 0) is 30.0 Å². The molecule has 0 saturated heterocycles. The van der Waals surface area contributed by atoms with Crippen LogP contribution in [0.3, 0.4) is 0 Å². The molecule has 0 spiro atoms. The Kier molecular flexibility index (Phi) is 5.79. The second-order valence-electron chi connectivity index (χ2n) is 6.97. The van der Waals surface area contributed by atoms with Gasteiger partial charge in [0.05, 0.1) is 20.8 Å². The number of aromatic amines is 1. The number of H-pyrrole nitrogens is 1. The zero-order chi connectivity index (χ0) is 20.2. The molecule has 0 aliphatic heterocycles. The Bertz CT molecular complexity index is 982. The SMILES string of the molecule is COc1cc2sc(C(=O)Nc3nn[nH]n3)c(OCC3CCCCC3)c2cc1OC. The number of benzene rings is 1. The molecular formula is C19H23N5O4S. The summed E-state index contributed by atoms with van der Waals surface area (Å²) in [6, 6.07) is 3.71. The minimum Gasteiger partial charge on any atom is -0.493 e. The Morgan fingerprint density at radius 2 is 1.97 bits per heavy atom. The first-order chi connectivity index (χ1) is 14.2. The van der Waals surface area contributed by atoms with Gasteiger partial charge in [-0.25, -0.2) is 0 Å². The maximum Gasteiger partial charge on any atom is 0.272 e. The molecule has 154 valence electrons. The third kappa shape index (κ3) is 4.12. The topological polar surface area (TPSA) is 111 Å². The van der Waals surface area contributed by atoms with Crippen molar-refractivity contribution in [2.75, 3.05) is 26.1 Å². The minimum absolute atomic E-state index is 0.112. The number of aromatic nitrogens is 4. The Morgan fingerprint density at radius 1 is 1.21 bits per heavy atom. The summed E-state index contributed by atoms with van der Waals surface area (Å²) >= 11 is 1.33. The summed E-state index contributed by atoms with van der Waals surface area (Å²) in [5.74, 6) is 2.02. The largest absolute Gasteiger partial charge is 0.493 e. The Morgan fingerprint density at radius 3 is 2.66 bits per heavy atom. The third-order valence-corrected chi connectivity index (χ3v) is 6.25. The lowest BCUT2D eigenvalue weighted by molar-refractivity contribution is 0.102. The fraction of sp³-hybridized carbons (Fsp3) is 0.474. The number of carbonyl (C=O) groups is 1. The predicted octanol–water partition coefficient (Wildman–Crippen LogP) is 3.64. The van der Waals surface area contributed by atoms with E-state index in [9.17, 15) is 4.79 Å². The maximum absolute atomic E-state index is 12.9. The van der Waals surface area contributed by atoms with Gasteiger partial charge < -0.3 is 14.2 Å². The first-order valence-electron chi connectivity index (χ1n) is 9.55. The van der Waals surface area contributed by atoms with Crippen molar-refractivity contribution >= 4 is 33.3 Å². The van der Waals surface area contributed by atoms with Gasteiger partial charge >= 0.3 is 0 Å². The molecule has 1 aliphatic carbocycles. The molecule has 10 heteroatoms. The van der Waals surface area contributed by atoms with E-state index < -0.39 is 0 Å². The molecule has 2 N–H and O–H groups in total. The number of rotatable bonds is 7. The minimum atomic E-state index is -0.343. The van der Waals surface area contributed by atoms with Crippen molar-refractivity contribution in [3.63, 3.8) is 0 Å². The Labute approximate surface area is 171 Å². The fourth-order valence-electron chi connectivity index (χ4n) is 3.62. The number of nitrogens with one attached hydrogen (secondary N) is 2. The Balaban J connectivity index is 1.69. The maximum atomic E-state index is 12.9. The number of nitrogens with zero attached hydrogens (tertiary/aromatic N) is 3.